The maximum absolute atomic E-state index is 2.34. The molecule has 0 fully saturated rings. The average Bonchev–Trinajstić information content (AvgIpc) is 1.68. The van der Waals surface area contributed by atoms with Crippen LogP contribution in [0.15, 0.2) is 0 Å². The van der Waals surface area contributed by atoms with Gasteiger partial charge in [0.25, 0.3) is 0 Å². The van der Waals surface area contributed by atoms with Crippen molar-refractivity contribution in [2.45, 2.75) is 31.7 Å². The minimum atomic E-state index is 1.00. The van der Waals surface area contributed by atoms with Crippen LogP contribution in [0.25, 0.3) is 0 Å². The first kappa shape index (κ1) is 7.62. The molecule has 0 aliphatic carbocycles. The third-order valence-electron chi connectivity index (χ3n) is 1.27. The van der Waals surface area contributed by atoms with E-state index in [0.717, 1.165) is 5.92 Å². The molecule has 0 saturated carbocycles. The molecule has 0 heterocycles. The molecule has 0 saturated heterocycles. The normalized spacial score (nSPS) is 14.3. The molecule has 1 atom stereocenters. The van der Waals surface area contributed by atoms with Crippen molar-refractivity contribution in [3.8, 4) is 0 Å². The van der Waals surface area contributed by atoms with Crippen LogP contribution in [0.4, 0.5) is 0 Å². The SMILES string of the molecule is CCCC(C)[CH2][Zn]. The Morgan fingerprint density at radius 1 is 1.57 bits per heavy atom. The summed E-state index contributed by atoms with van der Waals surface area (Å²) in [4.78, 5) is 0. The molecule has 0 nitrogen and oxygen atoms in total. The molecular formula is C6H13Zn. The molecule has 0 rings (SSSR count). The first-order valence-electron chi connectivity index (χ1n) is 3.10. The molecular weight excluding hydrogens is 137 g/mol. The summed E-state index contributed by atoms with van der Waals surface area (Å²) in [5.74, 6) is 1.00. The van der Waals surface area contributed by atoms with Gasteiger partial charge in [-0.2, -0.15) is 0 Å². The van der Waals surface area contributed by atoms with Gasteiger partial charge in [-0.1, -0.05) is 0 Å². The van der Waals surface area contributed by atoms with Crippen LogP contribution in [0.2, 0.25) is 5.02 Å². The van der Waals surface area contributed by atoms with Crippen molar-refractivity contribution >= 4 is 0 Å². The van der Waals surface area contributed by atoms with Crippen molar-refractivity contribution in [3.05, 3.63) is 0 Å². The first-order valence-corrected chi connectivity index (χ1v) is 5.20. The molecule has 1 unspecified atom stereocenters. The van der Waals surface area contributed by atoms with Crippen LogP contribution >= 0.6 is 0 Å². The van der Waals surface area contributed by atoms with Crippen LogP contribution in [0.5, 0.6) is 0 Å². The zero-order valence-corrected chi connectivity index (χ0v) is 8.37. The Kier molecular flexibility index (Phi) is 5.20. The van der Waals surface area contributed by atoms with Gasteiger partial charge in [-0.3, -0.25) is 0 Å². The molecule has 0 aliphatic rings. The minimum absolute atomic E-state index is 1.00. The zero-order chi connectivity index (χ0) is 5.70. The second-order valence-electron chi connectivity index (χ2n) is 2.18. The van der Waals surface area contributed by atoms with Crippen molar-refractivity contribution in [3.63, 3.8) is 0 Å². The quantitative estimate of drug-likeness (QED) is 0.542. The molecule has 0 aromatic rings. The molecule has 0 bridgehead atoms. The van der Waals surface area contributed by atoms with Gasteiger partial charge in [-0.15, -0.1) is 0 Å². The van der Waals surface area contributed by atoms with Crippen molar-refractivity contribution in [1.29, 1.82) is 0 Å². The third kappa shape index (κ3) is 4.48. The summed E-state index contributed by atoms with van der Waals surface area (Å²) in [6, 6.07) is 0. The van der Waals surface area contributed by atoms with E-state index >= 15 is 0 Å². The molecule has 0 radical (unpaired) electrons. The zero-order valence-electron chi connectivity index (χ0n) is 5.41. The van der Waals surface area contributed by atoms with Crippen LogP contribution in [0, 0.1) is 5.92 Å². The Morgan fingerprint density at radius 3 is 2.29 bits per heavy atom. The topological polar surface area (TPSA) is 0 Å². The second-order valence-corrected chi connectivity index (χ2v) is 3.39. The summed E-state index contributed by atoms with van der Waals surface area (Å²) in [6.45, 7) is 4.60. The average molecular weight is 151 g/mol. The van der Waals surface area contributed by atoms with E-state index in [9.17, 15) is 0 Å². The van der Waals surface area contributed by atoms with E-state index < -0.39 is 0 Å². The van der Waals surface area contributed by atoms with E-state index in [2.05, 4.69) is 13.8 Å². The van der Waals surface area contributed by atoms with Gasteiger partial charge in [0.15, 0.2) is 0 Å². The van der Waals surface area contributed by atoms with Gasteiger partial charge in [-0.25, -0.2) is 0 Å². The third-order valence-corrected chi connectivity index (χ3v) is 3.34. The molecule has 0 N–H and O–H groups in total. The van der Waals surface area contributed by atoms with Gasteiger partial charge >= 0.3 is 55.9 Å². The Labute approximate surface area is 56.4 Å². The molecule has 0 aromatic carbocycles. The molecule has 0 spiro atoms. The molecule has 39 valence electrons. The van der Waals surface area contributed by atoms with Gasteiger partial charge in [0.2, 0.25) is 0 Å². The van der Waals surface area contributed by atoms with E-state index in [1.165, 1.54) is 36.2 Å². The predicted octanol–water partition coefficient (Wildman–Crippen LogP) is 2.39. The van der Waals surface area contributed by atoms with Crippen LogP contribution in [0.3, 0.4) is 0 Å². The van der Waals surface area contributed by atoms with E-state index in [-0.39, 0.29) is 0 Å². The number of rotatable bonds is 3. The van der Waals surface area contributed by atoms with Gasteiger partial charge in [0.05, 0.1) is 0 Å². The predicted molar refractivity (Wildman–Crippen MR) is 28.9 cm³/mol. The summed E-state index contributed by atoms with van der Waals surface area (Å²) in [7, 11) is 0. The van der Waals surface area contributed by atoms with Gasteiger partial charge in [-0.05, 0) is 0 Å². The fourth-order valence-corrected chi connectivity index (χ4v) is 1.24. The standard InChI is InChI=1S/C6H13.Zn/c1-4-5-6(2)3;/h6H,2,4-5H2,1,3H3;. The van der Waals surface area contributed by atoms with Crippen molar-refractivity contribution in [2.24, 2.45) is 5.92 Å². The van der Waals surface area contributed by atoms with Gasteiger partial charge in [0, 0.05) is 0 Å². The van der Waals surface area contributed by atoms with Crippen LogP contribution in [-0.2, 0) is 18.3 Å². The summed E-state index contributed by atoms with van der Waals surface area (Å²) < 4.78 is 0. The molecule has 0 aliphatic heterocycles. The fourth-order valence-electron chi connectivity index (χ4n) is 0.637. The Balaban J connectivity index is 2.83. The molecule has 0 aromatic heterocycles. The fraction of sp³-hybridized carbons (Fsp3) is 1.00. The maximum atomic E-state index is 2.34. The summed E-state index contributed by atoms with van der Waals surface area (Å²) in [6.07, 6.45) is 2.79. The Hall–Kier alpha value is 0.623. The van der Waals surface area contributed by atoms with E-state index in [0.29, 0.717) is 0 Å². The molecule has 1 heteroatoms. The summed E-state index contributed by atoms with van der Waals surface area (Å²) in [5, 5.41) is 1.47. The van der Waals surface area contributed by atoms with Gasteiger partial charge in [0.1, 0.15) is 0 Å². The first-order chi connectivity index (χ1) is 3.31. The Bertz CT molecular complexity index is 35.2. The molecule has 7 heavy (non-hydrogen) atoms. The van der Waals surface area contributed by atoms with Crippen LogP contribution < -0.4 is 0 Å². The van der Waals surface area contributed by atoms with Crippen LogP contribution in [-0.4, -0.2) is 0 Å². The summed E-state index contributed by atoms with van der Waals surface area (Å²) in [5.41, 5.74) is 0. The Morgan fingerprint density at radius 2 is 2.14 bits per heavy atom. The van der Waals surface area contributed by atoms with E-state index in [4.69, 9.17) is 0 Å². The monoisotopic (exact) mass is 149 g/mol. The number of hydrogen-bond acceptors (Lipinski definition) is 0. The van der Waals surface area contributed by atoms with Gasteiger partial charge < -0.3 is 0 Å². The summed E-state index contributed by atoms with van der Waals surface area (Å²) >= 11 is 1.47. The van der Waals surface area contributed by atoms with E-state index in [1.54, 1.807) is 0 Å². The van der Waals surface area contributed by atoms with Crippen LogP contribution in [0.1, 0.15) is 26.7 Å². The molecule has 0 amide bonds. The van der Waals surface area contributed by atoms with Crippen molar-refractivity contribution in [1.82, 2.24) is 0 Å². The van der Waals surface area contributed by atoms with Crippen molar-refractivity contribution in [2.75, 3.05) is 0 Å². The second kappa shape index (κ2) is 4.77. The van der Waals surface area contributed by atoms with Crippen molar-refractivity contribution < 1.29 is 18.3 Å². The number of hydrogen-bond donors (Lipinski definition) is 0. The van der Waals surface area contributed by atoms with E-state index in [1.807, 2.05) is 0 Å².